The van der Waals surface area contributed by atoms with Gasteiger partial charge in [-0.3, -0.25) is 0 Å². The molecule has 77 heavy (non-hydrogen) atoms. The fourth-order valence-electron chi connectivity index (χ4n) is 14.4. The lowest BCUT2D eigenvalue weighted by Crippen LogP contribution is -2.27. The Morgan fingerprint density at radius 1 is 0.377 bits per heavy atom. The van der Waals surface area contributed by atoms with Crippen molar-refractivity contribution in [3.8, 4) is 66.8 Å². The normalized spacial score (nSPS) is 14.3. The highest BCUT2D eigenvalue weighted by molar-refractivity contribution is 6.09. The van der Waals surface area contributed by atoms with Crippen LogP contribution in [-0.2, 0) is 17.3 Å². The molecule has 0 aliphatic heterocycles. The van der Waals surface area contributed by atoms with Crippen molar-refractivity contribution < 1.29 is 4.42 Å². The molecule has 3 aliphatic carbocycles. The first-order chi connectivity index (χ1) is 37.6. The molecule has 11 aromatic carbocycles. The van der Waals surface area contributed by atoms with Gasteiger partial charge in [0.25, 0.3) is 0 Å². The van der Waals surface area contributed by atoms with Crippen LogP contribution in [0.15, 0.2) is 229 Å². The summed E-state index contributed by atoms with van der Waals surface area (Å²) in [5.74, 6) is 0.103. The van der Waals surface area contributed by atoms with Crippen LogP contribution in [0, 0.1) is 27.7 Å². The van der Waals surface area contributed by atoms with Crippen LogP contribution >= 0.6 is 0 Å². The first-order valence-corrected chi connectivity index (χ1v) is 27.5. The molecule has 12 aromatic rings. The number of hydrogen-bond donors (Lipinski definition) is 0. The summed E-state index contributed by atoms with van der Waals surface area (Å²) in [7, 11) is 0. The quantitative estimate of drug-likeness (QED) is 0.155. The first-order valence-electron chi connectivity index (χ1n) is 27.5. The van der Waals surface area contributed by atoms with Crippen LogP contribution in [0.4, 0.5) is 0 Å². The second kappa shape index (κ2) is 16.9. The van der Waals surface area contributed by atoms with Crippen molar-refractivity contribution in [2.75, 3.05) is 0 Å². The van der Waals surface area contributed by atoms with Crippen LogP contribution in [0.2, 0.25) is 0 Å². The number of para-hydroxylation sites is 2. The van der Waals surface area contributed by atoms with E-state index in [9.17, 15) is 0 Å². The number of furan rings is 1. The Morgan fingerprint density at radius 2 is 0.883 bits per heavy atom. The van der Waals surface area contributed by atoms with Gasteiger partial charge in [-0.05, 0) is 174 Å². The molecule has 1 atom stereocenters. The highest BCUT2D eigenvalue weighted by Gasteiger charge is 2.53. The molecule has 1 unspecified atom stereocenters. The molecule has 15 rings (SSSR count). The Labute approximate surface area is 452 Å². The van der Waals surface area contributed by atoms with Crippen LogP contribution in [-0.4, -0.2) is 0 Å². The van der Waals surface area contributed by atoms with Crippen molar-refractivity contribution >= 4 is 21.9 Å². The van der Waals surface area contributed by atoms with Gasteiger partial charge in [-0.15, -0.1) is 0 Å². The van der Waals surface area contributed by atoms with E-state index in [4.69, 9.17) is 4.42 Å². The number of rotatable bonds is 7. The number of benzene rings is 11. The zero-order valence-corrected chi connectivity index (χ0v) is 44.6. The van der Waals surface area contributed by atoms with Crippen LogP contribution in [0.3, 0.4) is 0 Å². The third-order valence-corrected chi connectivity index (χ3v) is 18.4. The van der Waals surface area contributed by atoms with Crippen molar-refractivity contribution in [1.82, 2.24) is 0 Å². The molecule has 1 aromatic heterocycles. The van der Waals surface area contributed by atoms with E-state index in [0.29, 0.717) is 0 Å². The zero-order chi connectivity index (χ0) is 51.9. The van der Waals surface area contributed by atoms with Gasteiger partial charge in [0, 0.05) is 27.7 Å². The van der Waals surface area contributed by atoms with Gasteiger partial charge in [0.2, 0.25) is 0 Å². The van der Waals surface area contributed by atoms with E-state index >= 15 is 0 Å². The predicted octanol–water partition coefficient (Wildman–Crippen LogP) is 19.8. The van der Waals surface area contributed by atoms with Crippen molar-refractivity contribution in [2.24, 2.45) is 0 Å². The highest BCUT2D eigenvalue weighted by atomic mass is 16.3. The molecule has 1 heterocycles. The van der Waals surface area contributed by atoms with Gasteiger partial charge >= 0.3 is 0 Å². The minimum atomic E-state index is -0.411. The Hall–Kier alpha value is -8.78. The molecule has 1 nitrogen and oxygen atoms in total. The summed E-state index contributed by atoms with van der Waals surface area (Å²) >= 11 is 0. The lowest BCUT2D eigenvalue weighted by atomic mass is 9.68. The van der Waals surface area contributed by atoms with E-state index in [0.717, 1.165) is 39.5 Å². The van der Waals surface area contributed by atoms with Crippen molar-refractivity contribution in [3.63, 3.8) is 0 Å². The summed E-state index contributed by atoms with van der Waals surface area (Å²) in [6.07, 6.45) is 0.854. The maximum atomic E-state index is 6.54. The fraction of sp³-hybridized carbons (Fsp3) is 0.132. The van der Waals surface area contributed by atoms with E-state index in [1.165, 1.54) is 128 Å². The van der Waals surface area contributed by atoms with Gasteiger partial charge in [0.1, 0.15) is 11.2 Å². The first kappa shape index (κ1) is 45.6. The van der Waals surface area contributed by atoms with Gasteiger partial charge in [0.15, 0.2) is 0 Å². The summed E-state index contributed by atoms with van der Waals surface area (Å²) in [4.78, 5) is 0. The summed E-state index contributed by atoms with van der Waals surface area (Å²) in [6.45, 7) is 14.0. The number of fused-ring (bicyclic) bond motifs is 16. The molecule has 368 valence electrons. The SMILES string of the molecule is Cc1cc2c(cc1C)C1(c3ccccc3-c3ccccc31)c1c(C)c(C)cc(-c3ccc(C(Cc4ccc(-c5cccc6c5-c5ccccc5C6(C)C)cc4)c4ccc(-c5cccc6c5oc5ccccc56)cc4)cc3)c1-2. The van der Waals surface area contributed by atoms with E-state index in [1.807, 2.05) is 6.07 Å². The number of hydrogen-bond acceptors (Lipinski definition) is 1. The van der Waals surface area contributed by atoms with Gasteiger partial charge in [0.05, 0.1) is 5.41 Å². The monoisotopic (exact) mass is 986 g/mol. The average Bonchev–Trinajstić information content (AvgIpc) is 3.89. The largest absolute Gasteiger partial charge is 0.455 e. The molecule has 0 amide bonds. The molecule has 0 bridgehead atoms. The summed E-state index contributed by atoms with van der Waals surface area (Å²) < 4.78 is 6.54. The molecular weight excluding hydrogens is 929 g/mol. The van der Waals surface area contributed by atoms with Crippen LogP contribution in [0.1, 0.15) is 92.1 Å². The van der Waals surface area contributed by atoms with Crippen LogP contribution < -0.4 is 0 Å². The maximum Gasteiger partial charge on any atom is 0.143 e. The minimum absolute atomic E-state index is 0.0453. The maximum absolute atomic E-state index is 6.54. The standard InChI is InChI=1S/C76H58O/c1-45-41-64-69(43-46(45)2)76(66-25-12-7-17-57(66)58-18-8-13-26-67(58)76)73-48(4)47(3)42-63(72(64)73)54-39-37-53(38-40-54)62(52-35-33-51(34-36-52)56-22-15-23-60-59-19-10-14-28-70(59)77-74(56)60)44-49-29-31-50(32-30-49)55-21-16-27-68-71(55)61-20-9-11-24-65(61)75(68,5)6/h7-43,62H,44H2,1-6H3. The average molecular weight is 987 g/mol. The van der Waals surface area contributed by atoms with E-state index in [-0.39, 0.29) is 11.3 Å². The molecule has 0 radical (unpaired) electrons. The molecular formula is C76H58O. The molecule has 1 spiro atoms. The van der Waals surface area contributed by atoms with Gasteiger partial charge in [-0.2, -0.15) is 0 Å². The lowest BCUT2D eigenvalue weighted by molar-refractivity contribution is 0.660. The predicted molar refractivity (Wildman–Crippen MR) is 321 cm³/mol. The number of aryl methyl sites for hydroxylation is 3. The lowest BCUT2D eigenvalue weighted by Gasteiger charge is -2.32. The Balaban J connectivity index is 0.851. The zero-order valence-electron chi connectivity index (χ0n) is 44.6. The Morgan fingerprint density at radius 3 is 1.58 bits per heavy atom. The molecule has 0 fully saturated rings. The van der Waals surface area contributed by atoms with Gasteiger partial charge in [-0.1, -0.05) is 232 Å². The Kier molecular flexibility index (Phi) is 9.98. The van der Waals surface area contributed by atoms with Crippen molar-refractivity contribution in [2.45, 2.75) is 64.7 Å². The third-order valence-electron chi connectivity index (χ3n) is 18.4. The second-order valence-corrected chi connectivity index (χ2v) is 22.8. The van der Waals surface area contributed by atoms with Gasteiger partial charge < -0.3 is 4.42 Å². The minimum Gasteiger partial charge on any atom is -0.455 e. The Bertz CT molecular complexity index is 4360. The van der Waals surface area contributed by atoms with Crippen LogP contribution in [0.5, 0.6) is 0 Å². The summed E-state index contributed by atoms with van der Waals surface area (Å²) in [6, 6.07) is 84.9. The smallest absolute Gasteiger partial charge is 0.143 e. The molecule has 0 saturated carbocycles. The highest BCUT2D eigenvalue weighted by Crippen LogP contribution is 2.65. The van der Waals surface area contributed by atoms with Crippen molar-refractivity contribution in [3.05, 3.63) is 297 Å². The molecule has 0 N–H and O–H groups in total. The summed E-state index contributed by atoms with van der Waals surface area (Å²) in [5.41, 5.74) is 34.5. The van der Waals surface area contributed by atoms with Crippen molar-refractivity contribution in [1.29, 1.82) is 0 Å². The van der Waals surface area contributed by atoms with E-state index in [2.05, 4.69) is 260 Å². The molecule has 3 aliphatic rings. The summed E-state index contributed by atoms with van der Waals surface area (Å²) in [5, 5.41) is 2.29. The molecule has 1 heteroatoms. The van der Waals surface area contributed by atoms with E-state index < -0.39 is 5.41 Å². The fourth-order valence-corrected chi connectivity index (χ4v) is 14.4. The van der Waals surface area contributed by atoms with E-state index in [1.54, 1.807) is 0 Å². The molecule has 0 saturated heterocycles. The second-order valence-electron chi connectivity index (χ2n) is 22.8. The topological polar surface area (TPSA) is 13.1 Å². The van der Waals surface area contributed by atoms with Gasteiger partial charge in [-0.25, -0.2) is 0 Å². The third kappa shape index (κ3) is 6.53. The van der Waals surface area contributed by atoms with Crippen LogP contribution in [0.25, 0.3) is 88.7 Å².